The summed E-state index contributed by atoms with van der Waals surface area (Å²) < 4.78 is 5.45. The third-order valence-electron chi connectivity index (χ3n) is 4.42. The van der Waals surface area contributed by atoms with Crippen LogP contribution in [0.3, 0.4) is 0 Å². The Labute approximate surface area is 92.2 Å². The average molecular weight is 210 g/mol. The molecule has 3 nitrogen and oxygen atoms in total. The second-order valence-electron chi connectivity index (χ2n) is 5.52. The van der Waals surface area contributed by atoms with Gasteiger partial charge in [-0.05, 0) is 32.2 Å². The molecule has 0 saturated carbocycles. The first-order valence-electron chi connectivity index (χ1n) is 6.41. The Balaban J connectivity index is 1.51. The van der Waals surface area contributed by atoms with Crippen molar-refractivity contribution in [3.05, 3.63) is 0 Å². The molecule has 1 N–H and O–H groups in total. The minimum absolute atomic E-state index is 0.649. The number of piperidine rings is 1. The van der Waals surface area contributed by atoms with Crippen LogP contribution < -0.4 is 5.32 Å². The van der Waals surface area contributed by atoms with E-state index in [1.54, 1.807) is 0 Å². The van der Waals surface area contributed by atoms with E-state index >= 15 is 0 Å². The SMILES string of the molecule is C1CNCC(N2CC3(CCOCC3)C2)C1. The average Bonchev–Trinajstić information content (AvgIpc) is 2.28. The van der Waals surface area contributed by atoms with E-state index in [0.717, 1.165) is 19.3 Å². The molecule has 1 unspecified atom stereocenters. The molecule has 0 radical (unpaired) electrons. The van der Waals surface area contributed by atoms with Crippen molar-refractivity contribution in [2.75, 3.05) is 39.4 Å². The minimum atomic E-state index is 0.649. The maximum Gasteiger partial charge on any atom is 0.0472 e. The lowest BCUT2D eigenvalue weighted by Crippen LogP contribution is -2.63. The van der Waals surface area contributed by atoms with Crippen molar-refractivity contribution in [2.24, 2.45) is 5.41 Å². The van der Waals surface area contributed by atoms with E-state index in [0.29, 0.717) is 5.41 Å². The highest BCUT2D eigenvalue weighted by Gasteiger charge is 2.45. The first-order valence-corrected chi connectivity index (χ1v) is 6.41. The molecule has 1 atom stereocenters. The van der Waals surface area contributed by atoms with E-state index in [9.17, 15) is 0 Å². The summed E-state index contributed by atoms with van der Waals surface area (Å²) in [6.45, 7) is 7.11. The molecule has 3 aliphatic heterocycles. The van der Waals surface area contributed by atoms with Gasteiger partial charge >= 0.3 is 0 Å². The fourth-order valence-electron chi connectivity index (χ4n) is 3.34. The lowest BCUT2D eigenvalue weighted by molar-refractivity contribution is -0.0996. The summed E-state index contributed by atoms with van der Waals surface area (Å²) >= 11 is 0. The number of hydrogen-bond acceptors (Lipinski definition) is 3. The fourth-order valence-corrected chi connectivity index (χ4v) is 3.34. The van der Waals surface area contributed by atoms with E-state index in [-0.39, 0.29) is 0 Å². The number of nitrogens with zero attached hydrogens (tertiary/aromatic N) is 1. The Kier molecular flexibility index (Phi) is 2.71. The first kappa shape index (κ1) is 10.1. The van der Waals surface area contributed by atoms with Crippen LogP contribution in [0.5, 0.6) is 0 Å². The molecule has 0 aliphatic carbocycles. The molecule has 3 fully saturated rings. The van der Waals surface area contributed by atoms with Gasteiger partial charge in [0.1, 0.15) is 0 Å². The Morgan fingerprint density at radius 3 is 2.67 bits per heavy atom. The lowest BCUT2D eigenvalue weighted by Gasteiger charge is -2.55. The van der Waals surface area contributed by atoms with E-state index in [2.05, 4.69) is 10.2 Å². The number of likely N-dealkylation sites (tertiary alicyclic amines) is 1. The molecule has 0 aromatic carbocycles. The summed E-state index contributed by atoms with van der Waals surface area (Å²) in [6, 6.07) is 0.826. The summed E-state index contributed by atoms with van der Waals surface area (Å²) in [7, 11) is 0. The van der Waals surface area contributed by atoms with Gasteiger partial charge in [-0.2, -0.15) is 0 Å². The third kappa shape index (κ3) is 1.93. The molecular weight excluding hydrogens is 188 g/mol. The maximum atomic E-state index is 5.45. The van der Waals surface area contributed by atoms with Crippen molar-refractivity contribution in [1.29, 1.82) is 0 Å². The van der Waals surface area contributed by atoms with Gasteiger partial charge in [-0.15, -0.1) is 0 Å². The van der Waals surface area contributed by atoms with Gasteiger partial charge in [-0.25, -0.2) is 0 Å². The van der Waals surface area contributed by atoms with Crippen LogP contribution >= 0.6 is 0 Å². The molecule has 3 saturated heterocycles. The highest BCUT2D eigenvalue weighted by molar-refractivity contribution is 4.99. The van der Waals surface area contributed by atoms with Crippen molar-refractivity contribution < 1.29 is 4.74 Å². The highest BCUT2D eigenvalue weighted by atomic mass is 16.5. The van der Waals surface area contributed by atoms with E-state index in [1.165, 1.54) is 51.9 Å². The van der Waals surface area contributed by atoms with Crippen molar-refractivity contribution in [1.82, 2.24) is 10.2 Å². The Morgan fingerprint density at radius 2 is 2.00 bits per heavy atom. The molecule has 86 valence electrons. The topological polar surface area (TPSA) is 24.5 Å². The van der Waals surface area contributed by atoms with E-state index < -0.39 is 0 Å². The highest BCUT2D eigenvalue weighted by Crippen LogP contribution is 2.41. The van der Waals surface area contributed by atoms with Crippen molar-refractivity contribution in [2.45, 2.75) is 31.7 Å². The number of nitrogens with one attached hydrogen (secondary N) is 1. The summed E-state index contributed by atoms with van der Waals surface area (Å²) in [5, 5.41) is 3.51. The normalized spacial score (nSPS) is 36.4. The van der Waals surface area contributed by atoms with Crippen LogP contribution in [0.1, 0.15) is 25.7 Å². The quantitative estimate of drug-likeness (QED) is 0.694. The zero-order valence-electron chi connectivity index (χ0n) is 9.50. The summed E-state index contributed by atoms with van der Waals surface area (Å²) in [6.07, 6.45) is 5.35. The van der Waals surface area contributed by atoms with Gasteiger partial charge in [0.2, 0.25) is 0 Å². The summed E-state index contributed by atoms with van der Waals surface area (Å²) in [5.41, 5.74) is 0.649. The zero-order chi connectivity index (χ0) is 10.1. The van der Waals surface area contributed by atoms with Crippen molar-refractivity contribution in [3.63, 3.8) is 0 Å². The Morgan fingerprint density at radius 1 is 1.20 bits per heavy atom. The smallest absolute Gasteiger partial charge is 0.0472 e. The predicted octanol–water partition coefficient (Wildman–Crippen LogP) is 0.851. The van der Waals surface area contributed by atoms with E-state index in [4.69, 9.17) is 4.74 Å². The summed E-state index contributed by atoms with van der Waals surface area (Å²) in [4.78, 5) is 2.69. The predicted molar refractivity (Wildman–Crippen MR) is 60.0 cm³/mol. The van der Waals surface area contributed by atoms with Crippen LogP contribution in [-0.4, -0.2) is 50.3 Å². The number of rotatable bonds is 1. The van der Waals surface area contributed by atoms with Crippen molar-refractivity contribution in [3.8, 4) is 0 Å². The second kappa shape index (κ2) is 4.04. The largest absolute Gasteiger partial charge is 0.381 e. The van der Waals surface area contributed by atoms with Crippen molar-refractivity contribution >= 4 is 0 Å². The molecule has 3 heterocycles. The van der Waals surface area contributed by atoms with Gasteiger partial charge in [0.25, 0.3) is 0 Å². The monoisotopic (exact) mass is 210 g/mol. The van der Waals surface area contributed by atoms with Gasteiger partial charge in [0, 0.05) is 44.3 Å². The molecule has 0 aromatic rings. The van der Waals surface area contributed by atoms with Crippen LogP contribution in [0.25, 0.3) is 0 Å². The van der Waals surface area contributed by atoms with Gasteiger partial charge in [-0.1, -0.05) is 0 Å². The molecule has 3 aliphatic rings. The van der Waals surface area contributed by atoms with Gasteiger partial charge in [0.05, 0.1) is 0 Å². The molecule has 15 heavy (non-hydrogen) atoms. The third-order valence-corrected chi connectivity index (χ3v) is 4.42. The lowest BCUT2D eigenvalue weighted by atomic mass is 9.72. The standard InChI is InChI=1S/C12H22N2O/c1-2-11(8-13-5-1)14-9-12(10-14)3-6-15-7-4-12/h11,13H,1-10H2. The molecule has 1 spiro atoms. The molecular formula is C12H22N2O. The maximum absolute atomic E-state index is 5.45. The first-order chi connectivity index (χ1) is 7.38. The Hall–Kier alpha value is -0.120. The fraction of sp³-hybridized carbons (Fsp3) is 1.00. The van der Waals surface area contributed by atoms with Crippen LogP contribution in [0.15, 0.2) is 0 Å². The molecule has 3 heteroatoms. The van der Waals surface area contributed by atoms with Crippen LogP contribution in [0.2, 0.25) is 0 Å². The Bertz CT molecular complexity index is 212. The van der Waals surface area contributed by atoms with Crippen LogP contribution in [-0.2, 0) is 4.74 Å². The molecule has 0 amide bonds. The zero-order valence-corrected chi connectivity index (χ0v) is 9.50. The van der Waals surface area contributed by atoms with Gasteiger partial charge < -0.3 is 10.1 Å². The molecule has 0 aromatic heterocycles. The number of ether oxygens (including phenoxy) is 1. The van der Waals surface area contributed by atoms with E-state index in [1.807, 2.05) is 0 Å². The number of hydrogen-bond donors (Lipinski definition) is 1. The summed E-state index contributed by atoms with van der Waals surface area (Å²) in [5.74, 6) is 0. The van der Waals surface area contributed by atoms with Crippen LogP contribution in [0, 0.1) is 5.41 Å². The molecule has 3 rings (SSSR count). The van der Waals surface area contributed by atoms with Crippen LogP contribution in [0.4, 0.5) is 0 Å². The second-order valence-corrected chi connectivity index (χ2v) is 5.52. The minimum Gasteiger partial charge on any atom is -0.381 e. The molecule has 0 bridgehead atoms. The van der Waals surface area contributed by atoms with Gasteiger partial charge in [-0.3, -0.25) is 4.90 Å². The van der Waals surface area contributed by atoms with Gasteiger partial charge in [0.15, 0.2) is 0 Å².